The summed E-state index contributed by atoms with van der Waals surface area (Å²) in [5.41, 5.74) is 6.43. The van der Waals surface area contributed by atoms with Crippen LogP contribution < -0.4 is 5.73 Å². The van der Waals surface area contributed by atoms with Crippen molar-refractivity contribution in [3.8, 4) is 0 Å². The first-order chi connectivity index (χ1) is 9.15. The molecule has 112 valence electrons. The van der Waals surface area contributed by atoms with Crippen LogP contribution in [0.2, 0.25) is 0 Å². The molecule has 2 aliphatic rings. The van der Waals surface area contributed by atoms with Gasteiger partial charge in [0.05, 0.1) is 0 Å². The molecule has 2 heteroatoms. The van der Waals surface area contributed by atoms with Crippen molar-refractivity contribution < 1.29 is 0 Å². The molecule has 4 atom stereocenters. The molecule has 0 heterocycles. The predicted molar refractivity (Wildman–Crippen MR) is 83.2 cm³/mol. The molecule has 0 aliphatic heterocycles. The number of rotatable bonds is 8. The SMILES string of the molecule is CCCCC(CC)(CN)N(C)CC1CC2CCC1C2. The Kier molecular flexibility index (Phi) is 5.30. The fraction of sp³-hybridized carbons (Fsp3) is 1.00. The van der Waals surface area contributed by atoms with Crippen molar-refractivity contribution in [2.45, 2.75) is 70.8 Å². The second kappa shape index (κ2) is 6.58. The molecule has 2 fully saturated rings. The lowest BCUT2D eigenvalue weighted by molar-refractivity contribution is 0.0770. The van der Waals surface area contributed by atoms with Gasteiger partial charge >= 0.3 is 0 Å². The van der Waals surface area contributed by atoms with Gasteiger partial charge < -0.3 is 5.73 Å². The van der Waals surface area contributed by atoms with Crippen molar-refractivity contribution in [1.29, 1.82) is 0 Å². The number of nitrogens with two attached hydrogens (primary N) is 1. The number of unbranched alkanes of at least 4 members (excludes halogenated alkanes) is 1. The Labute approximate surface area is 120 Å². The molecule has 2 N–H and O–H groups in total. The van der Waals surface area contributed by atoms with Gasteiger partial charge in [-0.25, -0.2) is 0 Å². The normalized spacial score (nSPS) is 33.0. The van der Waals surface area contributed by atoms with Crippen LogP contribution in [0.1, 0.15) is 65.2 Å². The highest BCUT2D eigenvalue weighted by atomic mass is 15.2. The predicted octanol–water partition coefficient (Wildman–Crippen LogP) is 3.65. The minimum Gasteiger partial charge on any atom is -0.329 e. The van der Waals surface area contributed by atoms with E-state index in [4.69, 9.17) is 5.73 Å². The Morgan fingerprint density at radius 1 is 1.21 bits per heavy atom. The number of hydrogen-bond acceptors (Lipinski definition) is 2. The Bertz CT molecular complexity index is 272. The van der Waals surface area contributed by atoms with Gasteiger partial charge in [-0.15, -0.1) is 0 Å². The Balaban J connectivity index is 1.93. The first kappa shape index (κ1) is 15.3. The number of likely N-dealkylation sites (N-methyl/N-ethyl adjacent to an activating group) is 1. The lowest BCUT2D eigenvalue weighted by atomic mass is 9.84. The third kappa shape index (κ3) is 3.16. The summed E-state index contributed by atoms with van der Waals surface area (Å²) in [6.07, 6.45) is 11.1. The Hall–Kier alpha value is -0.0800. The van der Waals surface area contributed by atoms with Crippen molar-refractivity contribution >= 4 is 0 Å². The average molecular weight is 266 g/mol. The van der Waals surface area contributed by atoms with Gasteiger partial charge in [-0.05, 0) is 56.9 Å². The smallest absolute Gasteiger partial charge is 0.0326 e. The van der Waals surface area contributed by atoms with Crippen molar-refractivity contribution in [2.24, 2.45) is 23.5 Å². The van der Waals surface area contributed by atoms with Crippen LogP contribution in [0.15, 0.2) is 0 Å². The fourth-order valence-electron chi connectivity index (χ4n) is 4.69. The standard InChI is InChI=1S/C17H34N2/c1-4-6-9-17(5-2,13-18)19(3)12-16-11-14-7-8-15(16)10-14/h14-16H,4-13,18H2,1-3H3. The topological polar surface area (TPSA) is 29.3 Å². The highest BCUT2D eigenvalue weighted by Gasteiger charge is 2.41. The largest absolute Gasteiger partial charge is 0.329 e. The van der Waals surface area contributed by atoms with Crippen molar-refractivity contribution in [2.75, 3.05) is 20.1 Å². The minimum absolute atomic E-state index is 0.262. The van der Waals surface area contributed by atoms with Crippen LogP contribution in [-0.4, -0.2) is 30.6 Å². The highest BCUT2D eigenvalue weighted by molar-refractivity contribution is 4.95. The summed E-state index contributed by atoms with van der Waals surface area (Å²) in [7, 11) is 2.33. The van der Waals surface area contributed by atoms with Crippen molar-refractivity contribution in [3.05, 3.63) is 0 Å². The zero-order valence-electron chi connectivity index (χ0n) is 13.3. The number of nitrogens with zero attached hydrogens (tertiary/aromatic N) is 1. The van der Waals surface area contributed by atoms with E-state index in [0.29, 0.717) is 0 Å². The summed E-state index contributed by atoms with van der Waals surface area (Å²) in [5.74, 6) is 3.06. The summed E-state index contributed by atoms with van der Waals surface area (Å²) in [6.45, 7) is 6.71. The first-order valence-electron chi connectivity index (χ1n) is 8.56. The molecule has 2 nitrogen and oxygen atoms in total. The zero-order chi connectivity index (χ0) is 13.9. The Morgan fingerprint density at radius 3 is 2.47 bits per heavy atom. The molecule has 2 rings (SSSR count). The van der Waals surface area contributed by atoms with Crippen LogP contribution in [0.3, 0.4) is 0 Å². The molecule has 0 radical (unpaired) electrons. The van der Waals surface area contributed by atoms with Crippen LogP contribution in [0.4, 0.5) is 0 Å². The quantitative estimate of drug-likeness (QED) is 0.726. The van der Waals surface area contributed by atoms with Crippen LogP contribution >= 0.6 is 0 Å². The first-order valence-corrected chi connectivity index (χ1v) is 8.56. The minimum atomic E-state index is 0.262. The molecule has 0 spiro atoms. The maximum atomic E-state index is 6.17. The summed E-state index contributed by atoms with van der Waals surface area (Å²) >= 11 is 0. The van der Waals surface area contributed by atoms with E-state index in [1.807, 2.05) is 0 Å². The lowest BCUT2D eigenvalue weighted by Crippen LogP contribution is -2.53. The molecule has 19 heavy (non-hydrogen) atoms. The molecule has 0 saturated heterocycles. The van der Waals surface area contributed by atoms with Crippen LogP contribution in [0.25, 0.3) is 0 Å². The molecule has 0 aromatic heterocycles. The molecule has 0 aromatic carbocycles. The van der Waals surface area contributed by atoms with E-state index in [1.54, 1.807) is 0 Å². The second-order valence-electron chi connectivity index (χ2n) is 7.20. The maximum absolute atomic E-state index is 6.17. The fourth-order valence-corrected chi connectivity index (χ4v) is 4.69. The monoisotopic (exact) mass is 266 g/mol. The zero-order valence-corrected chi connectivity index (χ0v) is 13.3. The van der Waals surface area contributed by atoms with Gasteiger partial charge in [0.15, 0.2) is 0 Å². The van der Waals surface area contributed by atoms with Gasteiger partial charge in [-0.3, -0.25) is 4.90 Å². The van der Waals surface area contributed by atoms with Crippen molar-refractivity contribution in [3.63, 3.8) is 0 Å². The van der Waals surface area contributed by atoms with Gasteiger partial charge in [0, 0.05) is 18.6 Å². The number of fused-ring (bicyclic) bond motifs is 2. The molecule has 0 amide bonds. The van der Waals surface area contributed by atoms with Gasteiger partial charge in [-0.1, -0.05) is 33.1 Å². The van der Waals surface area contributed by atoms with Gasteiger partial charge in [-0.2, -0.15) is 0 Å². The van der Waals surface area contributed by atoms with E-state index >= 15 is 0 Å². The molecule has 2 aliphatic carbocycles. The van der Waals surface area contributed by atoms with Crippen LogP contribution in [0.5, 0.6) is 0 Å². The molecule has 2 bridgehead atoms. The van der Waals surface area contributed by atoms with E-state index in [9.17, 15) is 0 Å². The van der Waals surface area contributed by atoms with Gasteiger partial charge in [0.1, 0.15) is 0 Å². The van der Waals surface area contributed by atoms with Crippen molar-refractivity contribution in [1.82, 2.24) is 4.90 Å². The van der Waals surface area contributed by atoms with E-state index < -0.39 is 0 Å². The number of hydrogen-bond donors (Lipinski definition) is 1. The summed E-state index contributed by atoms with van der Waals surface area (Å²) in [5, 5.41) is 0. The van der Waals surface area contributed by atoms with Crippen LogP contribution in [-0.2, 0) is 0 Å². The van der Waals surface area contributed by atoms with E-state index in [2.05, 4.69) is 25.8 Å². The summed E-state index contributed by atoms with van der Waals surface area (Å²) in [4.78, 5) is 2.63. The summed E-state index contributed by atoms with van der Waals surface area (Å²) < 4.78 is 0. The third-order valence-corrected chi connectivity index (χ3v) is 6.24. The van der Waals surface area contributed by atoms with E-state index in [0.717, 1.165) is 24.3 Å². The van der Waals surface area contributed by atoms with Gasteiger partial charge in [0.25, 0.3) is 0 Å². The highest BCUT2D eigenvalue weighted by Crippen LogP contribution is 2.48. The second-order valence-corrected chi connectivity index (χ2v) is 7.20. The molecule has 0 aromatic rings. The average Bonchev–Trinajstić information content (AvgIpc) is 3.03. The maximum Gasteiger partial charge on any atom is 0.0326 e. The van der Waals surface area contributed by atoms with E-state index in [-0.39, 0.29) is 5.54 Å². The third-order valence-electron chi connectivity index (χ3n) is 6.24. The Morgan fingerprint density at radius 2 is 2.00 bits per heavy atom. The summed E-state index contributed by atoms with van der Waals surface area (Å²) in [6, 6.07) is 0. The van der Waals surface area contributed by atoms with Crippen LogP contribution in [0, 0.1) is 17.8 Å². The molecule has 2 saturated carbocycles. The molecular formula is C17H34N2. The van der Waals surface area contributed by atoms with Gasteiger partial charge in [0.2, 0.25) is 0 Å². The van der Waals surface area contributed by atoms with E-state index in [1.165, 1.54) is 57.9 Å². The molecular weight excluding hydrogens is 232 g/mol. The molecule has 4 unspecified atom stereocenters. The lowest BCUT2D eigenvalue weighted by Gasteiger charge is -2.43.